The Labute approximate surface area is 264 Å². The normalized spacial score (nSPS) is 30.4. The molecular weight excluding hydrogens is 612 g/mol. The quantitative estimate of drug-likeness (QED) is 0.0297. The van der Waals surface area contributed by atoms with E-state index in [4.69, 9.17) is 29.8 Å². The maximum absolute atomic E-state index is 12.8. The molecular formula is C29H42N4O13. The Morgan fingerprint density at radius 3 is 2.52 bits per heavy atom. The van der Waals surface area contributed by atoms with Crippen molar-refractivity contribution in [2.75, 3.05) is 46.6 Å². The van der Waals surface area contributed by atoms with Crippen LogP contribution < -0.4 is 11.1 Å². The van der Waals surface area contributed by atoms with Gasteiger partial charge in [0.2, 0.25) is 6.29 Å². The number of aliphatic carboxylic acids is 1. The monoisotopic (exact) mass is 654 g/mol. The fourth-order valence-corrected chi connectivity index (χ4v) is 5.05. The van der Waals surface area contributed by atoms with Crippen molar-refractivity contribution >= 4 is 17.9 Å². The number of aliphatic hydroxyl groups is 6. The van der Waals surface area contributed by atoms with Crippen molar-refractivity contribution < 1.29 is 64.3 Å². The van der Waals surface area contributed by atoms with Gasteiger partial charge in [0.1, 0.15) is 24.4 Å². The Morgan fingerprint density at radius 1 is 1.17 bits per heavy atom. The van der Waals surface area contributed by atoms with Crippen LogP contribution in [0.15, 0.2) is 64.7 Å². The fourth-order valence-electron chi connectivity index (χ4n) is 5.05. The molecule has 17 heteroatoms. The molecule has 0 saturated carbocycles. The number of hydrogen-bond acceptors (Lipinski definition) is 14. The highest BCUT2D eigenvalue weighted by molar-refractivity contribution is 5.95. The number of methoxy groups -OCH3 is 1. The number of nitrogens with two attached hydrogens (primary N) is 1. The van der Waals surface area contributed by atoms with E-state index in [1.54, 1.807) is 17.1 Å². The molecule has 256 valence electrons. The summed E-state index contributed by atoms with van der Waals surface area (Å²) in [5.74, 6) is -3.88. The van der Waals surface area contributed by atoms with Gasteiger partial charge in [0.25, 0.3) is 0 Å². The van der Waals surface area contributed by atoms with Crippen LogP contribution >= 0.6 is 0 Å². The van der Waals surface area contributed by atoms with Crippen LogP contribution in [0.2, 0.25) is 0 Å². The number of aliphatic hydroxyl groups excluding tert-OH is 6. The van der Waals surface area contributed by atoms with Crippen LogP contribution in [0.3, 0.4) is 0 Å². The first kappa shape index (κ1) is 36.7. The predicted octanol–water partition coefficient (Wildman–Crippen LogP) is -2.99. The Balaban J connectivity index is 2.02. The van der Waals surface area contributed by atoms with E-state index in [1.165, 1.54) is 19.4 Å². The number of ether oxygens (including phenoxy) is 4. The van der Waals surface area contributed by atoms with Gasteiger partial charge in [-0.15, -0.1) is 6.58 Å². The Kier molecular flexibility index (Phi) is 13.7. The summed E-state index contributed by atoms with van der Waals surface area (Å²) < 4.78 is 21.9. The molecule has 3 heterocycles. The number of nitrogens with zero attached hydrogens (tertiary/aromatic N) is 2. The molecule has 10 N–H and O–H groups in total. The number of carboxylic acid groups (broad SMARTS) is 1. The summed E-state index contributed by atoms with van der Waals surface area (Å²) in [5, 5.41) is 71.7. The number of carbonyl (C=O) groups is 2. The number of rotatable bonds is 14. The van der Waals surface area contributed by atoms with Crippen LogP contribution in [-0.4, -0.2) is 142 Å². The largest absolute Gasteiger partial charge is 0.478 e. The second-order valence-corrected chi connectivity index (χ2v) is 10.5. The van der Waals surface area contributed by atoms with Crippen LogP contribution in [-0.2, 0) is 28.5 Å². The minimum Gasteiger partial charge on any atom is -0.478 e. The highest BCUT2D eigenvalue weighted by Gasteiger charge is 2.47. The van der Waals surface area contributed by atoms with E-state index >= 15 is 0 Å². The van der Waals surface area contributed by atoms with Crippen LogP contribution in [0.4, 0.5) is 0 Å². The van der Waals surface area contributed by atoms with Crippen LogP contribution in [0.1, 0.15) is 6.42 Å². The Bertz CT molecular complexity index is 1250. The van der Waals surface area contributed by atoms with Crippen LogP contribution in [0.25, 0.3) is 0 Å². The van der Waals surface area contributed by atoms with E-state index in [0.29, 0.717) is 12.0 Å². The summed E-state index contributed by atoms with van der Waals surface area (Å²) in [6, 6.07) is 0. The molecule has 0 aliphatic carbocycles. The number of carbonyl (C=O) groups excluding carboxylic acids is 1. The first-order valence-corrected chi connectivity index (χ1v) is 14.4. The summed E-state index contributed by atoms with van der Waals surface area (Å²) in [7, 11) is 1.17. The van der Waals surface area contributed by atoms with E-state index in [1.807, 2.05) is 0 Å². The molecule has 0 aromatic heterocycles. The molecule has 3 aliphatic rings. The van der Waals surface area contributed by atoms with Gasteiger partial charge in [-0.1, -0.05) is 18.2 Å². The van der Waals surface area contributed by atoms with Crippen molar-refractivity contribution in [3.05, 3.63) is 59.7 Å². The van der Waals surface area contributed by atoms with Gasteiger partial charge in [0, 0.05) is 38.4 Å². The predicted molar refractivity (Wildman–Crippen MR) is 159 cm³/mol. The third kappa shape index (κ3) is 8.71. The van der Waals surface area contributed by atoms with Gasteiger partial charge in [0.15, 0.2) is 12.2 Å². The number of nitrogens with one attached hydrogen (secondary N) is 1. The lowest BCUT2D eigenvalue weighted by atomic mass is 9.83. The van der Waals surface area contributed by atoms with E-state index in [9.17, 15) is 40.2 Å². The Hall–Kier alpha value is -3.81. The van der Waals surface area contributed by atoms with E-state index in [2.05, 4.69) is 16.9 Å². The topological polar surface area (TPSA) is 266 Å². The summed E-state index contributed by atoms with van der Waals surface area (Å²) in [5.41, 5.74) is 6.35. The van der Waals surface area contributed by atoms with Gasteiger partial charge in [-0.2, -0.15) is 0 Å². The molecule has 3 aliphatic heterocycles. The lowest BCUT2D eigenvalue weighted by molar-refractivity contribution is -0.338. The van der Waals surface area contributed by atoms with Crippen molar-refractivity contribution in [3.8, 4) is 0 Å². The first-order chi connectivity index (χ1) is 22.0. The Morgan fingerprint density at radius 2 is 1.91 bits per heavy atom. The molecule has 8 atom stereocenters. The molecule has 1 saturated heterocycles. The molecule has 1 fully saturated rings. The van der Waals surface area contributed by atoms with E-state index < -0.39 is 67.4 Å². The number of aliphatic imine (C=N–C) groups is 1. The average Bonchev–Trinajstić information content (AvgIpc) is 3.04. The second-order valence-electron chi connectivity index (χ2n) is 10.5. The highest BCUT2D eigenvalue weighted by atomic mass is 16.8. The molecule has 0 aromatic rings. The number of hydrogen-bond donors (Lipinski definition) is 9. The zero-order chi connectivity index (χ0) is 34.0. The number of carboxylic acids is 1. The first-order valence-electron chi connectivity index (χ1n) is 14.4. The second kappa shape index (κ2) is 17.2. The van der Waals surface area contributed by atoms with Gasteiger partial charge >= 0.3 is 11.9 Å². The van der Waals surface area contributed by atoms with Gasteiger partial charge in [-0.3, -0.25) is 4.99 Å². The maximum atomic E-state index is 12.8. The molecule has 0 spiro atoms. The van der Waals surface area contributed by atoms with Crippen molar-refractivity contribution in [2.24, 2.45) is 22.6 Å². The smallest absolute Gasteiger partial charge is 0.339 e. The van der Waals surface area contributed by atoms with Crippen LogP contribution in [0.5, 0.6) is 0 Å². The lowest BCUT2D eigenvalue weighted by Crippen LogP contribution is -2.60. The minimum atomic E-state index is -1.73. The SMILES string of the molecule is C=C[C@H]1[C@H](O[C@@H]2O[C@H](CO)[C@@H](O)[C@H](O)[C@H]2O)OC=C(C(=O)OC)[C@H]1/C=C/C1=C(NC(N)=NCCCO)C(C(=O)O)=CN(CCO)C1. The number of esters is 1. The summed E-state index contributed by atoms with van der Waals surface area (Å²) in [4.78, 5) is 30.7. The van der Waals surface area contributed by atoms with Crippen molar-refractivity contribution in [1.82, 2.24) is 10.2 Å². The van der Waals surface area contributed by atoms with Gasteiger partial charge in [-0.05, 0) is 12.0 Å². The fraction of sp³-hybridized carbons (Fsp3) is 0.552. The maximum Gasteiger partial charge on any atom is 0.339 e. The summed E-state index contributed by atoms with van der Waals surface area (Å²) >= 11 is 0. The summed E-state index contributed by atoms with van der Waals surface area (Å²) in [6.45, 7) is 3.17. The highest BCUT2D eigenvalue weighted by Crippen LogP contribution is 2.36. The van der Waals surface area contributed by atoms with Crippen molar-refractivity contribution in [3.63, 3.8) is 0 Å². The number of β-amino-alcohol motifs (C(OH)–C–C–N with tert-alkyl or cyclic N) is 1. The molecule has 0 bridgehead atoms. The minimum absolute atomic E-state index is 0.0366. The van der Waals surface area contributed by atoms with Gasteiger partial charge in [-0.25, -0.2) is 9.59 Å². The third-order valence-electron chi connectivity index (χ3n) is 7.48. The molecule has 17 nitrogen and oxygen atoms in total. The van der Waals surface area contributed by atoms with E-state index in [-0.39, 0.29) is 55.7 Å². The average molecular weight is 655 g/mol. The molecule has 0 aromatic carbocycles. The lowest BCUT2D eigenvalue weighted by Gasteiger charge is -2.42. The van der Waals surface area contributed by atoms with E-state index in [0.717, 1.165) is 6.26 Å². The molecule has 46 heavy (non-hydrogen) atoms. The van der Waals surface area contributed by atoms with Crippen molar-refractivity contribution in [2.45, 2.75) is 43.4 Å². The third-order valence-corrected chi connectivity index (χ3v) is 7.48. The number of guanidine groups is 1. The molecule has 0 unspecified atom stereocenters. The van der Waals surface area contributed by atoms with Crippen LogP contribution in [0, 0.1) is 11.8 Å². The van der Waals surface area contributed by atoms with Crippen molar-refractivity contribution in [1.29, 1.82) is 0 Å². The van der Waals surface area contributed by atoms with Gasteiger partial charge in [0.05, 0.1) is 49.3 Å². The number of allylic oxidation sites excluding steroid dienone is 1. The zero-order valence-corrected chi connectivity index (χ0v) is 25.2. The zero-order valence-electron chi connectivity index (χ0n) is 25.2. The summed E-state index contributed by atoms with van der Waals surface area (Å²) in [6.07, 6.45) is -1.79. The molecule has 0 amide bonds. The van der Waals surface area contributed by atoms with Gasteiger partial charge < -0.3 is 70.6 Å². The molecule has 0 radical (unpaired) electrons. The molecule has 3 rings (SSSR count). The standard InChI is InChI=1S/C29H42N4O13/c1-3-16-17(19(26(42)43-2)14-44-27(16)46-28-24(39)23(38)22(37)20(13-36)45-28)6-5-15-11-33(8-10-35)12-18(25(40)41)21(15)32-29(30)31-7-4-9-34/h3,5-6,12,14,16-17,20,22-24,27-28,34-39H,1,4,7-11,13H2,2H3,(H,40,41)(H3,30,31,32)/b6-5+/t16-,17+,20-,22-,23+,24-,27+,28+/m1/s1.